The van der Waals surface area contributed by atoms with Crippen molar-refractivity contribution in [3.63, 3.8) is 0 Å². The maximum atomic E-state index is 4.40. The molecule has 1 N–H and O–H groups in total. The first kappa shape index (κ1) is 8.36. The predicted molar refractivity (Wildman–Crippen MR) is 53.7 cm³/mol. The molecule has 2 saturated heterocycles. The van der Waals surface area contributed by atoms with E-state index in [1.165, 1.54) is 37.8 Å². The van der Waals surface area contributed by atoms with Crippen LogP contribution >= 0.6 is 0 Å². The number of hydrogen-bond donors (Lipinski definition) is 1. The molecule has 74 valence electrons. The Bertz CT molecular complexity index is 321. The molecule has 3 heteroatoms. The lowest BCUT2D eigenvalue weighted by atomic mass is 9.87. The summed E-state index contributed by atoms with van der Waals surface area (Å²) in [6.07, 6.45) is 9.97. The molecule has 2 aliphatic rings. The van der Waals surface area contributed by atoms with Gasteiger partial charge in [0.05, 0.1) is 11.2 Å². The predicted octanol–water partition coefficient (Wildman–Crippen LogP) is 1.61. The average Bonchev–Trinajstić information content (AvgIpc) is 2.57. The van der Waals surface area contributed by atoms with Crippen molar-refractivity contribution >= 4 is 0 Å². The molecule has 14 heavy (non-hydrogen) atoms. The van der Waals surface area contributed by atoms with E-state index in [1.54, 1.807) is 6.33 Å². The van der Waals surface area contributed by atoms with Gasteiger partial charge in [-0.2, -0.15) is 0 Å². The first-order chi connectivity index (χ1) is 6.89. The second-order valence-electron chi connectivity index (χ2n) is 4.45. The Hall–Kier alpha value is -0.960. The smallest absolute Gasteiger partial charge is 0.115 e. The van der Waals surface area contributed by atoms with E-state index in [0.717, 1.165) is 6.04 Å². The Morgan fingerprint density at radius 1 is 1.36 bits per heavy atom. The molecule has 3 rings (SSSR count). The van der Waals surface area contributed by atoms with Crippen LogP contribution in [0.5, 0.6) is 0 Å². The Kier molecular flexibility index (Phi) is 1.80. The third-order valence-electron chi connectivity index (χ3n) is 3.63. The molecule has 2 fully saturated rings. The van der Waals surface area contributed by atoms with Gasteiger partial charge < -0.3 is 5.32 Å². The van der Waals surface area contributed by atoms with Gasteiger partial charge in [0.25, 0.3) is 0 Å². The second-order valence-corrected chi connectivity index (χ2v) is 4.45. The van der Waals surface area contributed by atoms with Crippen molar-refractivity contribution in [3.05, 3.63) is 24.3 Å². The zero-order valence-electron chi connectivity index (χ0n) is 8.24. The van der Waals surface area contributed by atoms with Gasteiger partial charge in [0.15, 0.2) is 0 Å². The summed E-state index contributed by atoms with van der Waals surface area (Å²) in [5.41, 5.74) is 1.38. The van der Waals surface area contributed by atoms with Gasteiger partial charge in [-0.1, -0.05) is 0 Å². The van der Waals surface area contributed by atoms with Gasteiger partial charge >= 0.3 is 0 Å². The van der Waals surface area contributed by atoms with E-state index in [9.17, 15) is 0 Å². The molecule has 0 spiro atoms. The quantitative estimate of drug-likeness (QED) is 0.729. The fourth-order valence-corrected chi connectivity index (χ4v) is 2.92. The summed E-state index contributed by atoms with van der Waals surface area (Å²) in [7, 11) is 0. The number of rotatable bonds is 1. The minimum atomic E-state index is 0.186. The van der Waals surface area contributed by atoms with Gasteiger partial charge in [0, 0.05) is 12.2 Å². The molecule has 0 radical (unpaired) electrons. The van der Waals surface area contributed by atoms with Crippen LogP contribution in [-0.2, 0) is 5.54 Å². The summed E-state index contributed by atoms with van der Waals surface area (Å²) < 4.78 is 0. The monoisotopic (exact) mass is 189 g/mol. The Morgan fingerprint density at radius 3 is 3.21 bits per heavy atom. The summed E-state index contributed by atoms with van der Waals surface area (Å²) in [6, 6.07) is 2.79. The summed E-state index contributed by atoms with van der Waals surface area (Å²) in [6.45, 7) is 0. The SMILES string of the molecule is c1cc(C23CCCC(CC2)N3)ncn1. The maximum absolute atomic E-state index is 4.40. The summed E-state index contributed by atoms with van der Waals surface area (Å²) >= 11 is 0. The molecular weight excluding hydrogens is 174 g/mol. The summed E-state index contributed by atoms with van der Waals surface area (Å²) in [5.74, 6) is 0. The van der Waals surface area contributed by atoms with Crippen LogP contribution in [0.1, 0.15) is 37.8 Å². The molecule has 0 amide bonds. The van der Waals surface area contributed by atoms with Crippen molar-refractivity contribution in [3.8, 4) is 0 Å². The van der Waals surface area contributed by atoms with Crippen LogP contribution in [0, 0.1) is 0 Å². The minimum absolute atomic E-state index is 0.186. The lowest BCUT2D eigenvalue weighted by Gasteiger charge is -2.33. The number of aromatic nitrogens is 2. The lowest BCUT2D eigenvalue weighted by molar-refractivity contribution is 0.273. The van der Waals surface area contributed by atoms with E-state index in [-0.39, 0.29) is 5.54 Å². The van der Waals surface area contributed by atoms with Crippen molar-refractivity contribution in [2.24, 2.45) is 0 Å². The lowest BCUT2D eigenvalue weighted by Crippen LogP contribution is -2.44. The highest BCUT2D eigenvalue weighted by atomic mass is 15.1. The number of nitrogens with one attached hydrogen (secondary N) is 1. The van der Waals surface area contributed by atoms with E-state index in [2.05, 4.69) is 21.4 Å². The maximum Gasteiger partial charge on any atom is 0.115 e. The van der Waals surface area contributed by atoms with Crippen LogP contribution in [-0.4, -0.2) is 16.0 Å². The van der Waals surface area contributed by atoms with E-state index in [1.807, 2.05) is 6.20 Å². The molecule has 0 aromatic carbocycles. The van der Waals surface area contributed by atoms with Crippen molar-refractivity contribution in [2.45, 2.75) is 43.7 Å². The molecule has 2 atom stereocenters. The molecule has 3 nitrogen and oxygen atoms in total. The van der Waals surface area contributed by atoms with Gasteiger partial charge in [0.2, 0.25) is 0 Å². The fraction of sp³-hybridized carbons (Fsp3) is 0.636. The standard InChI is InChI=1S/C11H15N3/c1-2-9-3-6-11(5-1,14-9)10-4-7-12-8-13-10/h4,7-9,14H,1-3,5-6H2. The van der Waals surface area contributed by atoms with E-state index in [0.29, 0.717) is 0 Å². The molecule has 0 aliphatic carbocycles. The number of piperidine rings is 1. The third kappa shape index (κ3) is 1.16. The Balaban J connectivity index is 1.97. The second kappa shape index (κ2) is 3.02. The zero-order valence-corrected chi connectivity index (χ0v) is 8.24. The zero-order chi connectivity index (χ0) is 9.43. The van der Waals surface area contributed by atoms with E-state index >= 15 is 0 Å². The first-order valence-corrected chi connectivity index (χ1v) is 5.43. The molecule has 1 aromatic rings. The highest BCUT2D eigenvalue weighted by molar-refractivity contribution is 5.18. The van der Waals surface area contributed by atoms with Crippen LogP contribution in [0.4, 0.5) is 0 Å². The Morgan fingerprint density at radius 2 is 2.36 bits per heavy atom. The normalized spacial score (nSPS) is 35.9. The molecule has 0 saturated carbocycles. The number of fused-ring (bicyclic) bond motifs is 2. The molecular formula is C11H15N3. The number of nitrogens with zero attached hydrogens (tertiary/aromatic N) is 2. The van der Waals surface area contributed by atoms with Gasteiger partial charge in [-0.15, -0.1) is 0 Å². The molecule has 2 unspecified atom stereocenters. The van der Waals surface area contributed by atoms with Crippen LogP contribution in [0.3, 0.4) is 0 Å². The largest absolute Gasteiger partial charge is 0.303 e. The Labute approximate surface area is 84.0 Å². The van der Waals surface area contributed by atoms with E-state index < -0.39 is 0 Å². The van der Waals surface area contributed by atoms with Crippen LogP contribution in [0.15, 0.2) is 18.6 Å². The van der Waals surface area contributed by atoms with Crippen molar-refractivity contribution < 1.29 is 0 Å². The van der Waals surface area contributed by atoms with Gasteiger partial charge in [-0.3, -0.25) is 0 Å². The third-order valence-corrected chi connectivity index (χ3v) is 3.63. The van der Waals surface area contributed by atoms with Crippen LogP contribution in [0.2, 0.25) is 0 Å². The molecule has 1 aromatic heterocycles. The summed E-state index contributed by atoms with van der Waals surface area (Å²) in [5, 5.41) is 3.73. The van der Waals surface area contributed by atoms with Gasteiger partial charge in [-0.05, 0) is 38.2 Å². The van der Waals surface area contributed by atoms with Gasteiger partial charge in [0.1, 0.15) is 6.33 Å². The first-order valence-electron chi connectivity index (χ1n) is 5.43. The summed E-state index contributed by atoms with van der Waals surface area (Å²) in [4.78, 5) is 8.38. The minimum Gasteiger partial charge on any atom is -0.303 e. The number of hydrogen-bond acceptors (Lipinski definition) is 3. The van der Waals surface area contributed by atoms with Crippen molar-refractivity contribution in [1.29, 1.82) is 0 Å². The molecule has 2 bridgehead atoms. The van der Waals surface area contributed by atoms with Crippen molar-refractivity contribution in [1.82, 2.24) is 15.3 Å². The fourth-order valence-electron chi connectivity index (χ4n) is 2.92. The molecule has 2 aliphatic heterocycles. The van der Waals surface area contributed by atoms with Crippen LogP contribution < -0.4 is 5.32 Å². The average molecular weight is 189 g/mol. The highest BCUT2D eigenvalue weighted by Gasteiger charge is 2.43. The van der Waals surface area contributed by atoms with Gasteiger partial charge in [-0.25, -0.2) is 9.97 Å². The van der Waals surface area contributed by atoms with E-state index in [4.69, 9.17) is 0 Å². The topological polar surface area (TPSA) is 37.8 Å². The van der Waals surface area contributed by atoms with Crippen LogP contribution in [0.25, 0.3) is 0 Å². The highest BCUT2D eigenvalue weighted by Crippen LogP contribution is 2.41. The van der Waals surface area contributed by atoms with Crippen molar-refractivity contribution in [2.75, 3.05) is 0 Å². The molecule has 3 heterocycles.